The summed E-state index contributed by atoms with van der Waals surface area (Å²) in [5.74, 6) is -0.699. The van der Waals surface area contributed by atoms with Crippen LogP contribution in [-0.2, 0) is 42.8 Å². The van der Waals surface area contributed by atoms with Gasteiger partial charge in [0.05, 0.1) is 30.5 Å². The van der Waals surface area contributed by atoms with E-state index in [1.807, 2.05) is 0 Å². The fourth-order valence-electron chi connectivity index (χ4n) is 8.93. The highest BCUT2D eigenvalue weighted by Gasteiger charge is 2.61. The zero-order chi connectivity index (χ0) is 32.0. The van der Waals surface area contributed by atoms with Gasteiger partial charge in [0.1, 0.15) is 16.8 Å². The van der Waals surface area contributed by atoms with Gasteiger partial charge in [-0.3, -0.25) is 0 Å². The van der Waals surface area contributed by atoms with Crippen molar-refractivity contribution in [2.24, 2.45) is 11.8 Å². The van der Waals surface area contributed by atoms with Crippen molar-refractivity contribution in [3.63, 3.8) is 0 Å². The van der Waals surface area contributed by atoms with Gasteiger partial charge in [0.2, 0.25) is 0 Å². The molecule has 3 saturated heterocycles. The highest BCUT2D eigenvalue weighted by Crippen LogP contribution is 2.55. The first-order valence-corrected chi connectivity index (χ1v) is 17.0. The summed E-state index contributed by atoms with van der Waals surface area (Å²) in [5, 5.41) is 0. The largest absolute Gasteiger partial charge is 0.453 e. The third kappa shape index (κ3) is 6.17. The maximum absolute atomic E-state index is 12.9. The molecule has 3 saturated carbocycles. The van der Waals surface area contributed by atoms with Gasteiger partial charge >= 0.3 is 17.9 Å². The Morgan fingerprint density at radius 1 is 0.667 bits per heavy atom. The highest BCUT2D eigenvalue weighted by molar-refractivity contribution is 5.87. The molecule has 0 spiro atoms. The number of esters is 3. The second-order valence-electron chi connectivity index (χ2n) is 14.7. The number of ether oxygens (including phenoxy) is 6. The van der Waals surface area contributed by atoms with Crippen LogP contribution in [0.2, 0.25) is 0 Å². The monoisotopic (exact) mass is 626 g/mol. The van der Waals surface area contributed by atoms with E-state index in [0.29, 0.717) is 37.0 Å². The molecular weight excluding hydrogens is 576 g/mol. The van der Waals surface area contributed by atoms with Crippen LogP contribution in [0, 0.1) is 11.8 Å². The van der Waals surface area contributed by atoms with Crippen molar-refractivity contribution in [3.05, 3.63) is 37.0 Å². The minimum atomic E-state index is -0.725. The molecule has 0 bridgehead atoms. The quantitative estimate of drug-likeness (QED) is 0.159. The molecule has 9 nitrogen and oxygen atoms in total. The molecule has 3 heterocycles. The van der Waals surface area contributed by atoms with Crippen LogP contribution >= 0.6 is 0 Å². The van der Waals surface area contributed by atoms with Gasteiger partial charge < -0.3 is 28.4 Å². The van der Waals surface area contributed by atoms with E-state index in [1.165, 1.54) is 6.08 Å². The van der Waals surface area contributed by atoms with E-state index >= 15 is 0 Å². The predicted molar refractivity (Wildman–Crippen MR) is 165 cm³/mol. The van der Waals surface area contributed by atoms with Crippen LogP contribution in [0.1, 0.15) is 104 Å². The molecule has 0 amide bonds. The Kier molecular flexibility index (Phi) is 9.09. The molecule has 0 aromatic rings. The van der Waals surface area contributed by atoms with Gasteiger partial charge in [-0.05, 0) is 116 Å². The molecule has 0 aromatic heterocycles. The Labute approximate surface area is 267 Å². The van der Waals surface area contributed by atoms with E-state index in [-0.39, 0.29) is 54.3 Å². The fraction of sp³-hybridized carbons (Fsp3) is 0.750. The van der Waals surface area contributed by atoms with Gasteiger partial charge in [0.25, 0.3) is 0 Å². The molecule has 9 heteroatoms. The van der Waals surface area contributed by atoms with Crippen molar-refractivity contribution in [2.75, 3.05) is 6.61 Å². The van der Waals surface area contributed by atoms with Crippen LogP contribution in [0.15, 0.2) is 37.0 Å². The first kappa shape index (κ1) is 32.5. The summed E-state index contributed by atoms with van der Waals surface area (Å²) in [5.41, 5.74) is -1.16. The maximum Gasteiger partial charge on any atom is 0.333 e. The van der Waals surface area contributed by atoms with Crippen molar-refractivity contribution in [1.82, 2.24) is 0 Å². The molecule has 7 unspecified atom stereocenters. The zero-order valence-electron chi connectivity index (χ0n) is 27.0. The standard InChI is InChI=1S/C36H50O9/c1-6-31(37)43-34(15-8-16-34)29-12-11-27(42-29)25-20-36(21-25,45-33(39)23(4)5)30-13-10-26(41-30)24-14-17-35(19-24,28-9-7-18-40-28)44-32(38)22(2)3/h6,24-30H,1-2,4,7-21H2,3,5H3. The van der Waals surface area contributed by atoms with Crippen LogP contribution in [0.5, 0.6) is 0 Å². The molecule has 3 aliphatic carbocycles. The lowest BCUT2D eigenvalue weighted by Crippen LogP contribution is -2.59. The van der Waals surface area contributed by atoms with Gasteiger partial charge in [-0.25, -0.2) is 14.4 Å². The third-order valence-corrected chi connectivity index (χ3v) is 11.6. The molecule has 0 N–H and O–H groups in total. The molecule has 0 radical (unpaired) electrons. The number of rotatable bonds is 11. The Bertz CT molecular complexity index is 1210. The molecule has 3 aliphatic heterocycles. The van der Waals surface area contributed by atoms with Crippen LogP contribution < -0.4 is 0 Å². The van der Waals surface area contributed by atoms with Crippen LogP contribution in [0.25, 0.3) is 0 Å². The van der Waals surface area contributed by atoms with Crippen molar-refractivity contribution >= 4 is 17.9 Å². The topological polar surface area (TPSA) is 107 Å². The molecule has 0 aromatic carbocycles. The number of hydrogen-bond donors (Lipinski definition) is 0. The number of carbonyl (C=O) groups excluding carboxylic acids is 3. The summed E-state index contributed by atoms with van der Waals surface area (Å²) in [7, 11) is 0. The lowest BCUT2D eigenvalue weighted by atomic mass is 9.64. The van der Waals surface area contributed by atoms with E-state index in [9.17, 15) is 14.4 Å². The lowest BCUT2D eigenvalue weighted by Gasteiger charge is -2.52. The van der Waals surface area contributed by atoms with Crippen molar-refractivity contribution in [3.8, 4) is 0 Å². The SMILES string of the molecule is C=CC(=O)OC1(C2CCC(C3CC(OC(=O)C(=C)C)(C4CCC(C5CCC(OC(=O)C(=C)C)(C6CCCO6)C5)O4)C3)O2)CCC1. The third-order valence-electron chi connectivity index (χ3n) is 11.6. The van der Waals surface area contributed by atoms with Crippen molar-refractivity contribution in [1.29, 1.82) is 0 Å². The van der Waals surface area contributed by atoms with Crippen LogP contribution in [0.4, 0.5) is 0 Å². The Hall–Kier alpha value is -2.49. The molecule has 248 valence electrons. The first-order valence-electron chi connectivity index (χ1n) is 17.0. The second kappa shape index (κ2) is 12.6. The number of hydrogen-bond acceptors (Lipinski definition) is 9. The summed E-state index contributed by atoms with van der Waals surface area (Å²) >= 11 is 0. The second-order valence-corrected chi connectivity index (χ2v) is 14.7. The molecule has 6 aliphatic rings. The molecule has 6 rings (SSSR count). The fourth-order valence-corrected chi connectivity index (χ4v) is 8.93. The van der Waals surface area contributed by atoms with Gasteiger partial charge in [0, 0.05) is 23.8 Å². The minimum absolute atomic E-state index is 0.00797. The summed E-state index contributed by atoms with van der Waals surface area (Å²) in [6.45, 7) is 15.2. The summed E-state index contributed by atoms with van der Waals surface area (Å²) in [6, 6.07) is 0. The molecule has 45 heavy (non-hydrogen) atoms. The zero-order valence-corrected chi connectivity index (χ0v) is 27.0. The summed E-state index contributed by atoms with van der Waals surface area (Å²) in [4.78, 5) is 37.6. The highest BCUT2D eigenvalue weighted by atomic mass is 16.6. The summed E-state index contributed by atoms with van der Waals surface area (Å²) in [6.07, 6.45) is 12.3. The van der Waals surface area contributed by atoms with E-state index in [2.05, 4.69) is 19.7 Å². The maximum atomic E-state index is 12.9. The van der Waals surface area contributed by atoms with Crippen molar-refractivity contribution in [2.45, 2.75) is 151 Å². The first-order chi connectivity index (χ1) is 21.5. The Morgan fingerprint density at radius 2 is 1.24 bits per heavy atom. The predicted octanol–water partition coefficient (Wildman–Crippen LogP) is 5.84. The molecule has 7 atom stereocenters. The minimum Gasteiger partial charge on any atom is -0.453 e. The van der Waals surface area contributed by atoms with E-state index < -0.39 is 22.8 Å². The smallest absolute Gasteiger partial charge is 0.333 e. The Morgan fingerprint density at radius 3 is 1.78 bits per heavy atom. The lowest BCUT2D eigenvalue weighted by molar-refractivity contribution is -0.225. The summed E-state index contributed by atoms with van der Waals surface area (Å²) < 4.78 is 37.6. The van der Waals surface area contributed by atoms with Gasteiger partial charge in [0.15, 0.2) is 0 Å². The van der Waals surface area contributed by atoms with Gasteiger partial charge in [-0.15, -0.1) is 0 Å². The van der Waals surface area contributed by atoms with E-state index in [1.54, 1.807) is 13.8 Å². The van der Waals surface area contributed by atoms with E-state index in [0.717, 1.165) is 70.6 Å². The number of carbonyl (C=O) groups is 3. The van der Waals surface area contributed by atoms with Gasteiger partial charge in [-0.1, -0.05) is 19.7 Å². The molecular formula is C36H50O9. The van der Waals surface area contributed by atoms with E-state index in [4.69, 9.17) is 28.4 Å². The molecule has 6 fully saturated rings. The van der Waals surface area contributed by atoms with Gasteiger partial charge in [-0.2, -0.15) is 0 Å². The average molecular weight is 627 g/mol. The van der Waals surface area contributed by atoms with Crippen LogP contribution in [0.3, 0.4) is 0 Å². The Balaban J connectivity index is 1.10. The average Bonchev–Trinajstić information content (AvgIpc) is 3.78. The van der Waals surface area contributed by atoms with Crippen molar-refractivity contribution < 1.29 is 42.8 Å². The normalized spacial score (nSPS) is 40.2. The van der Waals surface area contributed by atoms with Crippen LogP contribution in [-0.4, -0.2) is 71.8 Å².